The van der Waals surface area contributed by atoms with Gasteiger partial charge in [0.1, 0.15) is 0 Å². The van der Waals surface area contributed by atoms with Crippen molar-refractivity contribution in [3.63, 3.8) is 0 Å². The second-order valence-corrected chi connectivity index (χ2v) is 3.70. The summed E-state index contributed by atoms with van der Waals surface area (Å²) in [6, 6.07) is 0. The fourth-order valence-electron chi connectivity index (χ4n) is 1.45. The molecular formula is C10H20O2. The molecule has 2 heteroatoms. The molecule has 0 aromatic heterocycles. The summed E-state index contributed by atoms with van der Waals surface area (Å²) in [7, 11) is 0. The summed E-state index contributed by atoms with van der Waals surface area (Å²) in [6.45, 7) is 7.31. The van der Waals surface area contributed by atoms with Gasteiger partial charge in [-0.05, 0) is 32.1 Å². The quantitative estimate of drug-likeness (QED) is 0.651. The van der Waals surface area contributed by atoms with E-state index in [9.17, 15) is 0 Å². The summed E-state index contributed by atoms with van der Waals surface area (Å²) in [5.74, 6) is 0.687. The van der Waals surface area contributed by atoms with E-state index in [-0.39, 0.29) is 6.29 Å². The van der Waals surface area contributed by atoms with Crippen LogP contribution < -0.4 is 0 Å². The fourth-order valence-corrected chi connectivity index (χ4v) is 1.45. The van der Waals surface area contributed by atoms with Crippen molar-refractivity contribution in [1.82, 2.24) is 0 Å². The summed E-state index contributed by atoms with van der Waals surface area (Å²) in [5.41, 5.74) is 0. The van der Waals surface area contributed by atoms with Crippen LogP contribution in [0.25, 0.3) is 0 Å². The summed E-state index contributed by atoms with van der Waals surface area (Å²) in [5, 5.41) is 0. The van der Waals surface area contributed by atoms with Gasteiger partial charge < -0.3 is 9.47 Å². The van der Waals surface area contributed by atoms with E-state index in [1.807, 2.05) is 0 Å². The van der Waals surface area contributed by atoms with Gasteiger partial charge >= 0.3 is 0 Å². The molecule has 0 aromatic rings. The molecule has 0 radical (unpaired) electrons. The monoisotopic (exact) mass is 172 g/mol. The van der Waals surface area contributed by atoms with Gasteiger partial charge in [-0.1, -0.05) is 13.8 Å². The average molecular weight is 172 g/mol. The van der Waals surface area contributed by atoms with Crippen molar-refractivity contribution in [2.24, 2.45) is 5.92 Å². The van der Waals surface area contributed by atoms with Crippen LogP contribution in [0, 0.1) is 5.92 Å². The van der Waals surface area contributed by atoms with Crippen LogP contribution in [0.15, 0.2) is 0 Å². The molecule has 0 aromatic carbocycles. The standard InChI is InChI=1S/C10H20O2/c1-4-7-11-10-6-5-8(2)9(3)12-10/h8-10H,4-7H2,1-3H3/t8-,9?,10+/m0/s1. The fraction of sp³-hybridized carbons (Fsp3) is 1.00. The van der Waals surface area contributed by atoms with Crippen LogP contribution in [0.3, 0.4) is 0 Å². The van der Waals surface area contributed by atoms with E-state index < -0.39 is 0 Å². The van der Waals surface area contributed by atoms with Gasteiger partial charge in [-0.2, -0.15) is 0 Å². The lowest BCUT2D eigenvalue weighted by molar-refractivity contribution is -0.202. The van der Waals surface area contributed by atoms with Crippen molar-refractivity contribution in [3.05, 3.63) is 0 Å². The Hall–Kier alpha value is -0.0800. The minimum Gasteiger partial charge on any atom is -0.353 e. The van der Waals surface area contributed by atoms with Crippen LogP contribution in [0.2, 0.25) is 0 Å². The highest BCUT2D eigenvalue weighted by atomic mass is 16.7. The van der Waals surface area contributed by atoms with Crippen LogP contribution in [-0.4, -0.2) is 19.0 Å². The van der Waals surface area contributed by atoms with Gasteiger partial charge in [0.2, 0.25) is 0 Å². The Labute approximate surface area is 75.2 Å². The first-order chi connectivity index (χ1) is 5.74. The predicted octanol–water partition coefficient (Wildman–Crippen LogP) is 2.57. The molecule has 0 spiro atoms. The molecule has 1 heterocycles. The van der Waals surface area contributed by atoms with Crippen molar-refractivity contribution < 1.29 is 9.47 Å². The summed E-state index contributed by atoms with van der Waals surface area (Å²) >= 11 is 0. The molecule has 0 amide bonds. The van der Waals surface area contributed by atoms with Crippen molar-refractivity contribution in [3.8, 4) is 0 Å². The van der Waals surface area contributed by atoms with E-state index >= 15 is 0 Å². The van der Waals surface area contributed by atoms with Crippen molar-refractivity contribution in [1.29, 1.82) is 0 Å². The first kappa shape index (κ1) is 10.0. The third-order valence-corrected chi connectivity index (χ3v) is 2.53. The molecule has 1 rings (SSSR count). The molecule has 0 saturated carbocycles. The van der Waals surface area contributed by atoms with Gasteiger partial charge in [-0.3, -0.25) is 0 Å². The number of hydrogen-bond donors (Lipinski definition) is 0. The summed E-state index contributed by atoms with van der Waals surface area (Å²) in [6.07, 6.45) is 3.79. The Morgan fingerprint density at radius 2 is 2.08 bits per heavy atom. The molecule has 1 saturated heterocycles. The number of hydrogen-bond acceptors (Lipinski definition) is 2. The highest BCUT2D eigenvalue weighted by molar-refractivity contribution is 4.68. The zero-order valence-corrected chi connectivity index (χ0v) is 8.38. The first-order valence-electron chi connectivity index (χ1n) is 5.01. The lowest BCUT2D eigenvalue weighted by Crippen LogP contribution is -2.33. The van der Waals surface area contributed by atoms with Crippen molar-refractivity contribution in [2.45, 2.75) is 52.4 Å². The minimum absolute atomic E-state index is 0.0659. The average Bonchev–Trinajstić information content (AvgIpc) is 2.07. The van der Waals surface area contributed by atoms with Gasteiger partial charge in [0.25, 0.3) is 0 Å². The molecule has 0 bridgehead atoms. The van der Waals surface area contributed by atoms with E-state index in [4.69, 9.17) is 9.47 Å². The van der Waals surface area contributed by atoms with Gasteiger partial charge in [0, 0.05) is 6.61 Å². The van der Waals surface area contributed by atoms with E-state index in [1.54, 1.807) is 0 Å². The molecular weight excluding hydrogens is 152 g/mol. The van der Waals surface area contributed by atoms with Crippen LogP contribution in [0.5, 0.6) is 0 Å². The molecule has 1 unspecified atom stereocenters. The van der Waals surface area contributed by atoms with Gasteiger partial charge in [-0.25, -0.2) is 0 Å². The summed E-state index contributed by atoms with van der Waals surface area (Å²) < 4.78 is 11.2. The predicted molar refractivity (Wildman–Crippen MR) is 49.0 cm³/mol. The lowest BCUT2D eigenvalue weighted by Gasteiger charge is -2.32. The largest absolute Gasteiger partial charge is 0.353 e. The zero-order chi connectivity index (χ0) is 8.97. The second-order valence-electron chi connectivity index (χ2n) is 3.70. The maximum atomic E-state index is 5.68. The normalized spacial score (nSPS) is 36.8. The Kier molecular flexibility index (Phi) is 4.02. The highest BCUT2D eigenvalue weighted by Crippen LogP contribution is 2.24. The molecule has 0 N–H and O–H groups in total. The summed E-state index contributed by atoms with van der Waals surface area (Å²) in [4.78, 5) is 0. The van der Waals surface area contributed by atoms with Gasteiger partial charge in [-0.15, -0.1) is 0 Å². The van der Waals surface area contributed by atoms with E-state index in [1.165, 1.54) is 6.42 Å². The second kappa shape index (κ2) is 4.83. The lowest BCUT2D eigenvalue weighted by atomic mass is 9.97. The van der Waals surface area contributed by atoms with Crippen molar-refractivity contribution in [2.75, 3.05) is 6.61 Å². The Balaban J connectivity index is 2.21. The third-order valence-electron chi connectivity index (χ3n) is 2.53. The molecule has 1 fully saturated rings. The molecule has 0 aliphatic carbocycles. The van der Waals surface area contributed by atoms with Crippen molar-refractivity contribution >= 4 is 0 Å². The molecule has 3 atom stereocenters. The van der Waals surface area contributed by atoms with E-state index in [2.05, 4.69) is 20.8 Å². The zero-order valence-electron chi connectivity index (χ0n) is 8.38. The Morgan fingerprint density at radius 3 is 2.67 bits per heavy atom. The molecule has 12 heavy (non-hydrogen) atoms. The third kappa shape index (κ3) is 2.76. The highest BCUT2D eigenvalue weighted by Gasteiger charge is 2.24. The maximum Gasteiger partial charge on any atom is 0.157 e. The smallest absolute Gasteiger partial charge is 0.157 e. The first-order valence-corrected chi connectivity index (χ1v) is 5.01. The SMILES string of the molecule is CCCO[C@H]1CC[C@H](C)C(C)O1. The van der Waals surface area contributed by atoms with Crippen LogP contribution >= 0.6 is 0 Å². The molecule has 72 valence electrons. The molecule has 2 nitrogen and oxygen atoms in total. The Morgan fingerprint density at radius 1 is 1.33 bits per heavy atom. The number of rotatable bonds is 3. The minimum atomic E-state index is 0.0659. The van der Waals surface area contributed by atoms with Crippen LogP contribution in [0.1, 0.15) is 40.0 Å². The maximum absolute atomic E-state index is 5.68. The number of ether oxygens (including phenoxy) is 2. The van der Waals surface area contributed by atoms with Gasteiger partial charge in [0.05, 0.1) is 6.10 Å². The van der Waals surface area contributed by atoms with E-state index in [0.717, 1.165) is 19.4 Å². The Bertz CT molecular complexity index is 123. The molecule has 1 aliphatic heterocycles. The molecule has 1 aliphatic rings. The van der Waals surface area contributed by atoms with E-state index in [0.29, 0.717) is 12.0 Å². The topological polar surface area (TPSA) is 18.5 Å². The van der Waals surface area contributed by atoms with Crippen LogP contribution in [-0.2, 0) is 9.47 Å². The van der Waals surface area contributed by atoms with Crippen LogP contribution in [0.4, 0.5) is 0 Å². The van der Waals surface area contributed by atoms with Gasteiger partial charge in [0.15, 0.2) is 6.29 Å².